The fourth-order valence-electron chi connectivity index (χ4n) is 3.70. The average Bonchev–Trinajstić information content (AvgIpc) is 2.96. The second-order valence-electron chi connectivity index (χ2n) is 8.94. The number of H-pyrrole nitrogens is 3. The number of aromatic nitrogens is 4. The lowest BCUT2D eigenvalue weighted by Crippen LogP contribution is -2.44. The summed E-state index contributed by atoms with van der Waals surface area (Å²) in [5.41, 5.74) is 4.63. The first-order valence-electron chi connectivity index (χ1n) is 12.4. The number of nitrogens with one attached hydrogen (secondary N) is 7. The predicted molar refractivity (Wildman–Crippen MR) is 150 cm³/mol. The van der Waals surface area contributed by atoms with Crippen molar-refractivity contribution in [3.05, 3.63) is 73.0 Å². The Morgan fingerprint density at radius 3 is 2.40 bits per heavy atom. The van der Waals surface area contributed by atoms with Crippen LogP contribution in [0.5, 0.6) is 0 Å². The second kappa shape index (κ2) is 14.3. The lowest BCUT2D eigenvalue weighted by molar-refractivity contribution is -0.150. The molecule has 0 fully saturated rings. The van der Waals surface area contributed by atoms with E-state index in [0.717, 1.165) is 7.11 Å². The first-order chi connectivity index (χ1) is 20.4. The van der Waals surface area contributed by atoms with Crippen LogP contribution in [-0.4, -0.2) is 86.4 Å². The Labute approximate surface area is 239 Å². The van der Waals surface area contributed by atoms with Crippen molar-refractivity contribution in [1.29, 1.82) is 0 Å². The van der Waals surface area contributed by atoms with Crippen LogP contribution in [0.1, 0.15) is 16.8 Å². The summed E-state index contributed by atoms with van der Waals surface area (Å²) in [5, 5.41) is 30.0. The van der Waals surface area contributed by atoms with E-state index in [1.807, 2.05) is 4.98 Å². The quantitative estimate of drug-likeness (QED) is 0.126. The van der Waals surface area contributed by atoms with Gasteiger partial charge in [-0.25, -0.2) is 14.4 Å². The van der Waals surface area contributed by atoms with E-state index in [-0.39, 0.29) is 23.1 Å². The van der Waals surface area contributed by atoms with Gasteiger partial charge in [0, 0.05) is 44.1 Å². The maximum absolute atomic E-state index is 12.4. The van der Waals surface area contributed by atoms with E-state index in [1.54, 1.807) is 17.1 Å². The fourth-order valence-corrected chi connectivity index (χ4v) is 3.70. The van der Waals surface area contributed by atoms with Crippen molar-refractivity contribution in [1.82, 2.24) is 25.3 Å². The first-order valence-corrected chi connectivity index (χ1v) is 12.4. The third kappa shape index (κ3) is 8.88. The van der Waals surface area contributed by atoms with Crippen molar-refractivity contribution in [2.75, 3.05) is 41.9 Å². The Balaban J connectivity index is 0.000000480. The molecule has 0 radical (unpaired) electrons. The molecular weight excluding hydrogens is 577 g/mol. The number of aliphatic carboxylic acids is 2. The van der Waals surface area contributed by atoms with Gasteiger partial charge in [-0.15, -0.1) is 0 Å². The molecular formula is C24H28FN9O9. The topological polar surface area (TPSA) is 287 Å². The fraction of sp³-hybridized carbons (Fsp3) is 0.292. The van der Waals surface area contributed by atoms with E-state index in [0.29, 0.717) is 36.5 Å². The molecule has 0 saturated heterocycles. The number of halogens is 1. The third-order valence-electron chi connectivity index (χ3n) is 5.89. The van der Waals surface area contributed by atoms with Gasteiger partial charge in [0.25, 0.3) is 17.0 Å². The molecule has 3 heterocycles. The molecule has 19 heteroatoms. The number of benzene rings is 1. The lowest BCUT2D eigenvalue weighted by atomic mass is 10.1. The van der Waals surface area contributed by atoms with Crippen LogP contribution in [0.2, 0.25) is 0 Å². The number of carbonyl (C=O) groups excluding carboxylic acids is 1. The van der Waals surface area contributed by atoms with E-state index in [4.69, 9.17) is 15.6 Å². The summed E-state index contributed by atoms with van der Waals surface area (Å²) in [6.45, 7) is 0.933. The summed E-state index contributed by atoms with van der Waals surface area (Å²) in [6, 6.07) is 4.70. The van der Waals surface area contributed by atoms with Crippen molar-refractivity contribution < 1.29 is 33.7 Å². The number of carbonyl (C=O) groups is 3. The summed E-state index contributed by atoms with van der Waals surface area (Å²) in [5.74, 6) is -3.95. The van der Waals surface area contributed by atoms with Gasteiger partial charge in [-0.2, -0.15) is 9.37 Å². The van der Waals surface area contributed by atoms with Gasteiger partial charge in [-0.3, -0.25) is 24.4 Å². The molecule has 3 atom stereocenters. The van der Waals surface area contributed by atoms with Crippen LogP contribution in [0, 0.1) is 5.82 Å². The van der Waals surface area contributed by atoms with Gasteiger partial charge in [0.15, 0.2) is 11.9 Å². The van der Waals surface area contributed by atoms with E-state index in [2.05, 4.69) is 31.2 Å². The van der Waals surface area contributed by atoms with Crippen LogP contribution in [0.3, 0.4) is 0 Å². The SMILES string of the molecule is COC(CC(NC(=O)c1ccc(NCC2CNc3nc(N)[nH]c(=O)c3N2)cc1)C(=O)O)C(=O)O.O=c1[nH]cc(F)c(=O)[nH]1. The van der Waals surface area contributed by atoms with Gasteiger partial charge in [-0.1, -0.05) is 0 Å². The summed E-state index contributed by atoms with van der Waals surface area (Å²) in [7, 11) is 1.15. The number of aromatic amines is 3. The number of ether oxygens (including phenoxy) is 1. The van der Waals surface area contributed by atoms with Crippen molar-refractivity contribution >= 4 is 41.0 Å². The number of fused-ring (bicyclic) bond motifs is 1. The summed E-state index contributed by atoms with van der Waals surface area (Å²) in [6.07, 6.45) is -1.09. The van der Waals surface area contributed by atoms with Crippen molar-refractivity contribution in [2.24, 2.45) is 0 Å². The normalized spacial score (nSPS) is 14.8. The molecule has 0 bridgehead atoms. The molecule has 3 aromatic rings. The van der Waals surface area contributed by atoms with E-state index < -0.39 is 53.5 Å². The maximum atomic E-state index is 12.4. The molecule has 0 spiro atoms. The minimum Gasteiger partial charge on any atom is -0.480 e. The lowest BCUT2D eigenvalue weighted by Gasteiger charge is -2.27. The number of nitrogens with two attached hydrogens (primary N) is 1. The van der Waals surface area contributed by atoms with Crippen LogP contribution >= 0.6 is 0 Å². The molecule has 230 valence electrons. The van der Waals surface area contributed by atoms with Gasteiger partial charge in [0.2, 0.25) is 11.8 Å². The van der Waals surface area contributed by atoms with Crippen molar-refractivity contribution in [3.63, 3.8) is 0 Å². The minimum absolute atomic E-state index is 0.0221. The Morgan fingerprint density at radius 1 is 1.12 bits per heavy atom. The summed E-state index contributed by atoms with van der Waals surface area (Å²) in [4.78, 5) is 77.4. The zero-order chi connectivity index (χ0) is 31.7. The molecule has 1 amide bonds. The van der Waals surface area contributed by atoms with Crippen LogP contribution in [0.4, 0.5) is 27.5 Å². The maximum Gasteiger partial charge on any atom is 0.332 e. The number of amides is 1. The molecule has 2 aromatic heterocycles. The van der Waals surface area contributed by atoms with Crippen molar-refractivity contribution in [3.8, 4) is 0 Å². The molecule has 18 nitrogen and oxygen atoms in total. The Kier molecular flexibility index (Phi) is 10.5. The van der Waals surface area contributed by atoms with Crippen LogP contribution in [0.15, 0.2) is 44.8 Å². The molecule has 0 saturated carbocycles. The largest absolute Gasteiger partial charge is 0.480 e. The highest BCUT2D eigenvalue weighted by atomic mass is 19.1. The van der Waals surface area contributed by atoms with E-state index in [9.17, 15) is 38.3 Å². The van der Waals surface area contributed by atoms with Crippen LogP contribution in [0.25, 0.3) is 0 Å². The number of hydrogen-bond acceptors (Lipinski definition) is 12. The number of hydrogen-bond donors (Lipinski definition) is 10. The van der Waals surface area contributed by atoms with E-state index >= 15 is 0 Å². The Hall–Kier alpha value is -5.72. The number of anilines is 4. The highest BCUT2D eigenvalue weighted by Crippen LogP contribution is 2.20. The van der Waals surface area contributed by atoms with Gasteiger partial charge >= 0.3 is 17.6 Å². The number of nitrogen functional groups attached to an aromatic ring is 1. The van der Waals surface area contributed by atoms with Gasteiger partial charge in [-0.05, 0) is 24.3 Å². The number of carboxylic acid groups (broad SMARTS) is 2. The van der Waals surface area contributed by atoms with Gasteiger partial charge in [0.1, 0.15) is 11.7 Å². The summed E-state index contributed by atoms with van der Waals surface area (Å²) >= 11 is 0. The number of rotatable bonds is 10. The third-order valence-corrected chi connectivity index (χ3v) is 5.89. The van der Waals surface area contributed by atoms with Gasteiger partial charge in [0.05, 0.1) is 6.04 Å². The van der Waals surface area contributed by atoms with Crippen LogP contribution < -0.4 is 43.8 Å². The van der Waals surface area contributed by atoms with Crippen LogP contribution in [-0.2, 0) is 14.3 Å². The Bertz CT molecular complexity index is 1640. The highest BCUT2D eigenvalue weighted by Gasteiger charge is 2.28. The number of nitrogens with zero attached hydrogens (tertiary/aromatic N) is 1. The zero-order valence-electron chi connectivity index (χ0n) is 22.4. The second-order valence-corrected chi connectivity index (χ2v) is 8.94. The van der Waals surface area contributed by atoms with Gasteiger partial charge < -0.3 is 46.9 Å². The van der Waals surface area contributed by atoms with E-state index in [1.165, 1.54) is 12.1 Å². The monoisotopic (exact) mass is 605 g/mol. The summed E-state index contributed by atoms with van der Waals surface area (Å²) < 4.78 is 16.7. The molecule has 3 unspecified atom stereocenters. The Morgan fingerprint density at radius 2 is 1.81 bits per heavy atom. The molecule has 1 aliphatic rings. The smallest absolute Gasteiger partial charge is 0.332 e. The number of carboxylic acids is 2. The predicted octanol–water partition coefficient (Wildman–Crippen LogP) is -1.45. The molecule has 0 aliphatic carbocycles. The first kappa shape index (κ1) is 31.8. The molecule has 43 heavy (non-hydrogen) atoms. The average molecular weight is 606 g/mol. The highest BCUT2D eigenvalue weighted by molar-refractivity contribution is 5.97. The zero-order valence-corrected chi connectivity index (χ0v) is 22.4. The minimum atomic E-state index is -1.44. The standard InChI is InChI=1S/C20H25N7O7.C4H3FN2O2/c1-34-13(19(32)33)6-12(18(30)31)25-16(28)9-2-4-10(5-3-9)22-7-11-8-23-15-14(24-11)17(29)27-20(21)26-15;5-2-1-6-4(9)7-3(2)8/h2-5,11-13,22,24H,6-8H2,1H3,(H,25,28)(H,30,31)(H,32,33)(H4,21,23,26,27,29);1H,(H2,6,7,8,9). The molecule has 1 aromatic carbocycles. The molecule has 1 aliphatic heterocycles. The number of methoxy groups -OCH3 is 1. The van der Waals surface area contributed by atoms with Crippen molar-refractivity contribution in [2.45, 2.75) is 24.6 Å². The molecule has 11 N–H and O–H groups in total. The molecule has 4 rings (SSSR count).